The summed E-state index contributed by atoms with van der Waals surface area (Å²) in [4.78, 5) is 12.6. The van der Waals surface area contributed by atoms with Gasteiger partial charge in [-0.25, -0.2) is 0 Å². The van der Waals surface area contributed by atoms with E-state index in [4.69, 9.17) is 9.47 Å². The number of rotatable bonds is 2. The SMILES string of the molecule is COc1ccc(C2C(=O)C3C=CC(O)=CC3OC2O)cc1. The maximum atomic E-state index is 12.6. The molecular formula is C16H16O5. The largest absolute Gasteiger partial charge is 0.508 e. The molecule has 21 heavy (non-hydrogen) atoms. The topological polar surface area (TPSA) is 76.0 Å². The lowest BCUT2D eigenvalue weighted by atomic mass is 9.80. The number of aliphatic hydroxyl groups excluding tert-OH is 2. The number of allylic oxidation sites excluding steroid dienone is 1. The standard InChI is InChI=1S/C16H16O5/c1-20-11-5-2-9(3-6-11)14-15(18)12-7-4-10(17)8-13(12)21-16(14)19/h2-8,12-14,16-17,19H,1H3. The minimum absolute atomic E-state index is 0.0409. The second kappa shape index (κ2) is 5.35. The van der Waals surface area contributed by atoms with Gasteiger partial charge in [-0.05, 0) is 29.8 Å². The number of ketones is 1. The third kappa shape index (κ3) is 2.46. The van der Waals surface area contributed by atoms with Gasteiger partial charge in [0.05, 0.1) is 25.0 Å². The molecule has 0 radical (unpaired) electrons. The molecule has 5 nitrogen and oxygen atoms in total. The first-order valence-corrected chi connectivity index (χ1v) is 6.70. The van der Waals surface area contributed by atoms with Gasteiger partial charge >= 0.3 is 0 Å². The van der Waals surface area contributed by atoms with Gasteiger partial charge in [0, 0.05) is 0 Å². The van der Waals surface area contributed by atoms with Crippen LogP contribution in [0.25, 0.3) is 0 Å². The molecule has 0 amide bonds. The first-order chi connectivity index (χ1) is 10.1. The van der Waals surface area contributed by atoms with Gasteiger partial charge in [0.15, 0.2) is 12.1 Å². The quantitative estimate of drug-likeness (QED) is 0.866. The lowest BCUT2D eigenvalue weighted by Gasteiger charge is -2.37. The summed E-state index contributed by atoms with van der Waals surface area (Å²) in [6.45, 7) is 0. The number of fused-ring (bicyclic) bond motifs is 1. The third-order valence-electron chi connectivity index (χ3n) is 3.85. The molecule has 2 N–H and O–H groups in total. The summed E-state index contributed by atoms with van der Waals surface area (Å²) in [5, 5.41) is 19.6. The first kappa shape index (κ1) is 13.9. The van der Waals surface area contributed by atoms with Crippen molar-refractivity contribution in [3.05, 3.63) is 53.8 Å². The zero-order valence-electron chi connectivity index (χ0n) is 11.5. The van der Waals surface area contributed by atoms with E-state index in [0.717, 1.165) is 0 Å². The normalized spacial score (nSPS) is 31.5. The van der Waals surface area contributed by atoms with Crippen molar-refractivity contribution in [2.24, 2.45) is 5.92 Å². The predicted octanol–water partition coefficient (Wildman–Crippen LogP) is 1.69. The smallest absolute Gasteiger partial charge is 0.169 e. The van der Waals surface area contributed by atoms with Crippen LogP contribution in [0.15, 0.2) is 48.3 Å². The third-order valence-corrected chi connectivity index (χ3v) is 3.85. The highest BCUT2D eigenvalue weighted by molar-refractivity contribution is 5.91. The fourth-order valence-corrected chi connectivity index (χ4v) is 2.75. The van der Waals surface area contributed by atoms with Crippen molar-refractivity contribution in [3.63, 3.8) is 0 Å². The van der Waals surface area contributed by atoms with Gasteiger partial charge in [0.1, 0.15) is 11.5 Å². The van der Waals surface area contributed by atoms with E-state index in [1.165, 1.54) is 12.2 Å². The number of carbonyl (C=O) groups is 1. The number of hydrogen-bond acceptors (Lipinski definition) is 5. The van der Waals surface area contributed by atoms with Crippen molar-refractivity contribution < 1.29 is 24.5 Å². The molecule has 1 heterocycles. The predicted molar refractivity (Wildman–Crippen MR) is 75.0 cm³/mol. The van der Waals surface area contributed by atoms with Crippen LogP contribution in [0, 0.1) is 5.92 Å². The Kier molecular flexibility index (Phi) is 3.53. The Labute approximate surface area is 122 Å². The van der Waals surface area contributed by atoms with Crippen molar-refractivity contribution in [3.8, 4) is 5.75 Å². The summed E-state index contributed by atoms with van der Waals surface area (Å²) in [6, 6.07) is 6.97. The minimum atomic E-state index is -1.23. The zero-order chi connectivity index (χ0) is 15.0. The molecule has 0 bridgehead atoms. The second-order valence-corrected chi connectivity index (χ2v) is 5.12. The molecule has 1 saturated heterocycles. The molecule has 1 fully saturated rings. The average molecular weight is 288 g/mol. The highest BCUT2D eigenvalue weighted by atomic mass is 16.6. The fourth-order valence-electron chi connectivity index (χ4n) is 2.75. The number of carbonyl (C=O) groups excluding carboxylic acids is 1. The van der Waals surface area contributed by atoms with Crippen molar-refractivity contribution in [1.82, 2.24) is 0 Å². The molecule has 1 aliphatic heterocycles. The van der Waals surface area contributed by atoms with Crippen molar-refractivity contribution >= 4 is 5.78 Å². The molecule has 1 aromatic rings. The molecule has 5 heteroatoms. The van der Waals surface area contributed by atoms with Crippen LogP contribution in [0.4, 0.5) is 0 Å². The van der Waals surface area contributed by atoms with E-state index in [1.54, 1.807) is 37.5 Å². The summed E-state index contributed by atoms with van der Waals surface area (Å²) >= 11 is 0. The lowest BCUT2D eigenvalue weighted by Crippen LogP contribution is -2.46. The van der Waals surface area contributed by atoms with Crippen LogP contribution in [0.5, 0.6) is 5.75 Å². The zero-order valence-corrected chi connectivity index (χ0v) is 11.5. The van der Waals surface area contributed by atoms with Gasteiger partial charge in [0.2, 0.25) is 0 Å². The minimum Gasteiger partial charge on any atom is -0.508 e. The average Bonchev–Trinajstić information content (AvgIpc) is 2.47. The monoisotopic (exact) mass is 288 g/mol. The van der Waals surface area contributed by atoms with Gasteiger partial charge < -0.3 is 19.7 Å². The maximum absolute atomic E-state index is 12.6. The van der Waals surface area contributed by atoms with Gasteiger partial charge in [-0.3, -0.25) is 4.79 Å². The highest BCUT2D eigenvalue weighted by Gasteiger charge is 2.44. The Morgan fingerprint density at radius 2 is 1.95 bits per heavy atom. The van der Waals surface area contributed by atoms with E-state index in [2.05, 4.69) is 0 Å². The Bertz CT molecular complexity index is 602. The molecular weight excluding hydrogens is 272 g/mol. The fraction of sp³-hybridized carbons (Fsp3) is 0.312. The molecule has 0 aromatic heterocycles. The number of ether oxygens (including phenoxy) is 2. The highest BCUT2D eigenvalue weighted by Crippen LogP contribution is 2.36. The molecule has 0 saturated carbocycles. The van der Waals surface area contributed by atoms with Crippen LogP contribution in [-0.2, 0) is 9.53 Å². The number of Topliss-reactive ketones (excluding diaryl/α,β-unsaturated/α-hetero) is 1. The Morgan fingerprint density at radius 3 is 2.62 bits per heavy atom. The number of methoxy groups -OCH3 is 1. The Hall–Kier alpha value is -2.11. The molecule has 3 rings (SSSR count). The van der Waals surface area contributed by atoms with Crippen molar-refractivity contribution in [2.75, 3.05) is 7.11 Å². The summed E-state index contributed by atoms with van der Waals surface area (Å²) in [7, 11) is 1.56. The molecule has 2 aliphatic rings. The molecule has 4 unspecified atom stereocenters. The first-order valence-electron chi connectivity index (χ1n) is 6.70. The van der Waals surface area contributed by atoms with Gasteiger partial charge in [0.25, 0.3) is 0 Å². The maximum Gasteiger partial charge on any atom is 0.169 e. The Morgan fingerprint density at radius 1 is 1.24 bits per heavy atom. The van der Waals surface area contributed by atoms with Gasteiger partial charge in [-0.1, -0.05) is 18.2 Å². The molecule has 0 spiro atoms. The van der Waals surface area contributed by atoms with E-state index in [-0.39, 0.29) is 11.5 Å². The van der Waals surface area contributed by atoms with E-state index < -0.39 is 24.2 Å². The summed E-state index contributed by atoms with van der Waals surface area (Å²) in [6.07, 6.45) is 2.68. The van der Waals surface area contributed by atoms with Crippen LogP contribution in [0.1, 0.15) is 11.5 Å². The van der Waals surface area contributed by atoms with E-state index >= 15 is 0 Å². The van der Waals surface area contributed by atoms with Crippen LogP contribution in [0.2, 0.25) is 0 Å². The van der Waals surface area contributed by atoms with Crippen molar-refractivity contribution in [1.29, 1.82) is 0 Å². The second-order valence-electron chi connectivity index (χ2n) is 5.12. The lowest BCUT2D eigenvalue weighted by molar-refractivity contribution is -0.181. The number of aliphatic hydroxyl groups is 2. The van der Waals surface area contributed by atoms with E-state index in [9.17, 15) is 15.0 Å². The van der Waals surface area contributed by atoms with Crippen LogP contribution >= 0.6 is 0 Å². The van der Waals surface area contributed by atoms with Gasteiger partial charge in [-0.15, -0.1) is 0 Å². The molecule has 4 atom stereocenters. The summed E-state index contributed by atoms with van der Waals surface area (Å²) in [5.41, 5.74) is 0.680. The number of benzene rings is 1. The van der Waals surface area contributed by atoms with Crippen molar-refractivity contribution in [2.45, 2.75) is 18.3 Å². The number of hydrogen-bond donors (Lipinski definition) is 2. The Balaban J connectivity index is 1.89. The molecule has 1 aromatic carbocycles. The van der Waals surface area contributed by atoms with Crippen LogP contribution in [0.3, 0.4) is 0 Å². The molecule has 110 valence electrons. The van der Waals surface area contributed by atoms with Crippen LogP contribution in [-0.4, -0.2) is 35.5 Å². The van der Waals surface area contributed by atoms with E-state index in [1.807, 2.05) is 0 Å². The summed E-state index contributed by atoms with van der Waals surface area (Å²) in [5.74, 6) is -0.629. The van der Waals surface area contributed by atoms with E-state index in [0.29, 0.717) is 11.3 Å². The molecule has 1 aliphatic carbocycles. The van der Waals surface area contributed by atoms with Gasteiger partial charge in [-0.2, -0.15) is 0 Å². The van der Waals surface area contributed by atoms with Crippen LogP contribution < -0.4 is 4.74 Å². The summed E-state index contributed by atoms with van der Waals surface area (Å²) < 4.78 is 10.6.